The fourth-order valence-corrected chi connectivity index (χ4v) is 3.13. The van der Waals surface area contributed by atoms with Crippen LogP contribution in [0.4, 0.5) is 10.5 Å². The molecule has 24 heavy (non-hydrogen) atoms. The van der Waals surface area contributed by atoms with Crippen molar-refractivity contribution in [1.82, 2.24) is 10.3 Å². The molecule has 0 atom stereocenters. The summed E-state index contributed by atoms with van der Waals surface area (Å²) >= 11 is 7.48. The van der Waals surface area contributed by atoms with Crippen LogP contribution in [-0.4, -0.2) is 17.6 Å². The van der Waals surface area contributed by atoms with E-state index in [-0.39, 0.29) is 6.03 Å². The predicted molar refractivity (Wildman–Crippen MR) is 99.7 cm³/mol. The van der Waals surface area contributed by atoms with Crippen LogP contribution in [0.2, 0.25) is 5.02 Å². The zero-order valence-electron chi connectivity index (χ0n) is 12.8. The smallest absolute Gasteiger partial charge is 0.319 e. The first kappa shape index (κ1) is 16.5. The van der Waals surface area contributed by atoms with Crippen LogP contribution in [0.5, 0.6) is 0 Å². The van der Waals surface area contributed by atoms with Crippen molar-refractivity contribution in [2.45, 2.75) is 6.42 Å². The van der Waals surface area contributed by atoms with E-state index in [9.17, 15) is 4.79 Å². The molecule has 4 nitrogen and oxygen atoms in total. The Kier molecular flexibility index (Phi) is 5.46. The molecule has 2 N–H and O–H groups in total. The highest BCUT2D eigenvalue weighted by Gasteiger charge is 2.06. The van der Waals surface area contributed by atoms with Crippen molar-refractivity contribution in [3.8, 4) is 10.6 Å². The van der Waals surface area contributed by atoms with E-state index < -0.39 is 0 Å². The summed E-state index contributed by atoms with van der Waals surface area (Å²) < 4.78 is 0. The van der Waals surface area contributed by atoms with Gasteiger partial charge in [0.15, 0.2) is 0 Å². The predicted octanol–water partition coefficient (Wildman–Crippen LogP) is 4.83. The minimum atomic E-state index is -0.214. The van der Waals surface area contributed by atoms with Crippen molar-refractivity contribution in [3.63, 3.8) is 0 Å². The molecule has 1 aromatic heterocycles. The third kappa shape index (κ3) is 4.57. The number of thiazole rings is 1. The highest BCUT2D eigenvalue weighted by atomic mass is 35.5. The van der Waals surface area contributed by atoms with Crippen LogP contribution in [0.3, 0.4) is 0 Å². The molecule has 0 fully saturated rings. The van der Waals surface area contributed by atoms with Gasteiger partial charge in [0.25, 0.3) is 0 Å². The molecule has 0 spiro atoms. The van der Waals surface area contributed by atoms with E-state index >= 15 is 0 Å². The summed E-state index contributed by atoms with van der Waals surface area (Å²) in [7, 11) is 0. The Morgan fingerprint density at radius 2 is 1.83 bits per heavy atom. The number of nitrogens with zero attached hydrogens (tertiary/aromatic N) is 1. The van der Waals surface area contributed by atoms with Gasteiger partial charge in [0.05, 0.1) is 5.69 Å². The topological polar surface area (TPSA) is 54.0 Å². The van der Waals surface area contributed by atoms with E-state index in [2.05, 4.69) is 15.6 Å². The van der Waals surface area contributed by atoms with Gasteiger partial charge in [0.1, 0.15) is 5.01 Å². The number of hydrogen-bond acceptors (Lipinski definition) is 3. The Bertz CT molecular complexity index is 803. The second kappa shape index (κ2) is 7.95. The summed E-state index contributed by atoms with van der Waals surface area (Å²) in [5.74, 6) is 0. The van der Waals surface area contributed by atoms with Crippen LogP contribution in [0.1, 0.15) is 5.69 Å². The Hall–Kier alpha value is -2.37. The van der Waals surface area contributed by atoms with E-state index in [0.29, 0.717) is 18.0 Å². The zero-order valence-corrected chi connectivity index (χ0v) is 14.4. The normalized spacial score (nSPS) is 10.4. The van der Waals surface area contributed by atoms with Gasteiger partial charge in [0, 0.05) is 34.6 Å². The maximum absolute atomic E-state index is 11.8. The molecule has 2 aromatic carbocycles. The number of benzene rings is 2. The Morgan fingerprint density at radius 1 is 1.08 bits per heavy atom. The van der Waals surface area contributed by atoms with Gasteiger partial charge >= 0.3 is 6.03 Å². The van der Waals surface area contributed by atoms with Gasteiger partial charge in [-0.1, -0.05) is 41.9 Å². The molecule has 122 valence electrons. The number of aromatic nitrogens is 1. The minimum absolute atomic E-state index is 0.214. The van der Waals surface area contributed by atoms with Crippen LogP contribution in [-0.2, 0) is 6.42 Å². The lowest BCUT2D eigenvalue weighted by Gasteiger charge is -2.06. The molecule has 0 aliphatic heterocycles. The van der Waals surface area contributed by atoms with Gasteiger partial charge in [0.2, 0.25) is 0 Å². The SMILES string of the molecule is O=C(NCCc1csc(-c2ccc(Cl)cc2)n1)Nc1ccccc1. The van der Waals surface area contributed by atoms with E-state index in [1.54, 1.807) is 11.3 Å². The number of urea groups is 1. The summed E-state index contributed by atoms with van der Waals surface area (Å²) in [5, 5.41) is 9.30. The quantitative estimate of drug-likeness (QED) is 0.687. The van der Waals surface area contributed by atoms with E-state index in [0.717, 1.165) is 22.0 Å². The highest BCUT2D eigenvalue weighted by Crippen LogP contribution is 2.25. The molecule has 3 rings (SSSR count). The monoisotopic (exact) mass is 357 g/mol. The molecular weight excluding hydrogens is 342 g/mol. The maximum Gasteiger partial charge on any atom is 0.319 e. The number of hydrogen-bond donors (Lipinski definition) is 2. The van der Waals surface area contributed by atoms with E-state index in [1.807, 2.05) is 60.0 Å². The number of halogens is 1. The largest absolute Gasteiger partial charge is 0.337 e. The number of amides is 2. The van der Waals surface area contributed by atoms with Crippen LogP contribution in [0.25, 0.3) is 10.6 Å². The molecule has 1 heterocycles. The second-order valence-electron chi connectivity index (χ2n) is 5.15. The maximum atomic E-state index is 11.8. The van der Waals surface area contributed by atoms with Crippen LogP contribution in [0.15, 0.2) is 60.0 Å². The third-order valence-electron chi connectivity index (χ3n) is 3.34. The third-order valence-corrected chi connectivity index (χ3v) is 4.53. The number of anilines is 1. The van der Waals surface area contributed by atoms with Gasteiger partial charge in [-0.2, -0.15) is 0 Å². The summed E-state index contributed by atoms with van der Waals surface area (Å²) in [4.78, 5) is 16.4. The molecule has 0 unspecified atom stereocenters. The van der Waals surface area contributed by atoms with Crippen molar-refractivity contribution >= 4 is 34.7 Å². The number of rotatable bonds is 5. The zero-order chi connectivity index (χ0) is 16.8. The van der Waals surface area contributed by atoms with Crippen LogP contribution >= 0.6 is 22.9 Å². The van der Waals surface area contributed by atoms with Crippen molar-refractivity contribution in [2.24, 2.45) is 0 Å². The van der Waals surface area contributed by atoms with Crippen molar-refractivity contribution in [3.05, 3.63) is 70.7 Å². The summed E-state index contributed by atoms with van der Waals surface area (Å²) in [6, 6.07) is 16.8. The van der Waals surface area contributed by atoms with Crippen molar-refractivity contribution < 1.29 is 4.79 Å². The molecule has 0 saturated carbocycles. The lowest BCUT2D eigenvalue weighted by molar-refractivity contribution is 0.252. The first-order valence-corrected chi connectivity index (χ1v) is 8.77. The molecule has 0 saturated heterocycles. The number of nitrogens with one attached hydrogen (secondary N) is 2. The summed E-state index contributed by atoms with van der Waals surface area (Å²) in [6.45, 7) is 0.530. The molecule has 6 heteroatoms. The molecule has 2 amide bonds. The molecule has 3 aromatic rings. The van der Waals surface area contributed by atoms with Gasteiger partial charge in [-0.25, -0.2) is 9.78 Å². The molecule has 0 bridgehead atoms. The summed E-state index contributed by atoms with van der Waals surface area (Å²) in [5.41, 5.74) is 2.78. The fourth-order valence-electron chi connectivity index (χ4n) is 2.15. The van der Waals surface area contributed by atoms with Gasteiger partial charge in [-0.15, -0.1) is 11.3 Å². The second-order valence-corrected chi connectivity index (χ2v) is 6.44. The standard InChI is InChI=1S/C18H16ClN3OS/c19-14-8-6-13(7-9-14)17-21-16(12-24-17)10-11-20-18(23)22-15-4-2-1-3-5-15/h1-9,12H,10-11H2,(H2,20,22,23). The fraction of sp³-hybridized carbons (Fsp3) is 0.111. The number of carbonyl (C=O) groups excluding carboxylic acids is 1. The lowest BCUT2D eigenvalue weighted by Crippen LogP contribution is -2.30. The van der Waals surface area contributed by atoms with Crippen molar-refractivity contribution in [2.75, 3.05) is 11.9 Å². The molecular formula is C18H16ClN3OS. The van der Waals surface area contributed by atoms with Crippen LogP contribution in [0, 0.1) is 0 Å². The molecule has 0 radical (unpaired) electrons. The van der Waals surface area contributed by atoms with Gasteiger partial charge < -0.3 is 10.6 Å². The molecule has 0 aliphatic carbocycles. The summed E-state index contributed by atoms with van der Waals surface area (Å²) in [6.07, 6.45) is 0.687. The van der Waals surface area contributed by atoms with Crippen LogP contribution < -0.4 is 10.6 Å². The number of carbonyl (C=O) groups is 1. The first-order chi connectivity index (χ1) is 11.7. The average molecular weight is 358 g/mol. The van der Waals surface area contributed by atoms with Gasteiger partial charge in [-0.3, -0.25) is 0 Å². The van der Waals surface area contributed by atoms with E-state index in [1.165, 1.54) is 0 Å². The minimum Gasteiger partial charge on any atom is -0.337 e. The molecule has 0 aliphatic rings. The first-order valence-electron chi connectivity index (χ1n) is 7.51. The highest BCUT2D eigenvalue weighted by molar-refractivity contribution is 7.13. The van der Waals surface area contributed by atoms with E-state index in [4.69, 9.17) is 11.6 Å². The average Bonchev–Trinajstić information content (AvgIpc) is 3.05. The number of para-hydroxylation sites is 1. The Labute approximate surface area is 149 Å². The van der Waals surface area contributed by atoms with Crippen molar-refractivity contribution in [1.29, 1.82) is 0 Å². The Balaban J connectivity index is 1.49. The lowest BCUT2D eigenvalue weighted by atomic mass is 10.2. The van der Waals surface area contributed by atoms with Gasteiger partial charge in [-0.05, 0) is 24.3 Å². The Morgan fingerprint density at radius 3 is 2.58 bits per heavy atom.